The minimum atomic E-state index is -1.00. The van der Waals surface area contributed by atoms with Crippen LogP contribution in [0.3, 0.4) is 0 Å². The molecule has 4 atom stereocenters. The quantitative estimate of drug-likeness (QED) is 0.505. The Labute approximate surface area is 221 Å². The summed E-state index contributed by atoms with van der Waals surface area (Å²) in [6.45, 7) is 2.96. The van der Waals surface area contributed by atoms with E-state index >= 15 is 0 Å². The SMILES string of the molecule is COC(=O)N1c2ccc3c(nc([C@@H](O)c4cccc5c4COC5)n3[C@@H]3CCC[C@@H](C(=O)O)C3)c2CC[C@@H]1C. The first-order valence-electron chi connectivity index (χ1n) is 13.4. The molecule has 3 aliphatic rings. The number of hydrogen-bond donors (Lipinski definition) is 2. The average Bonchev–Trinajstić information content (AvgIpc) is 3.57. The van der Waals surface area contributed by atoms with Crippen molar-refractivity contribution >= 4 is 28.8 Å². The van der Waals surface area contributed by atoms with Gasteiger partial charge in [0.25, 0.3) is 0 Å². The Bertz CT molecular complexity index is 1420. The normalized spacial score (nSPS) is 23.7. The molecule has 38 heavy (non-hydrogen) atoms. The number of carbonyl (C=O) groups excluding carboxylic acids is 1. The van der Waals surface area contributed by atoms with Crippen molar-refractivity contribution < 1.29 is 29.3 Å². The molecule has 0 bridgehead atoms. The molecule has 1 aliphatic carbocycles. The number of rotatable bonds is 4. The maximum atomic E-state index is 12.7. The van der Waals surface area contributed by atoms with Gasteiger partial charge in [-0.3, -0.25) is 9.69 Å². The number of aliphatic hydroxyl groups is 1. The van der Waals surface area contributed by atoms with Gasteiger partial charge in [0.15, 0.2) is 0 Å². The smallest absolute Gasteiger partial charge is 0.414 e. The van der Waals surface area contributed by atoms with Crippen molar-refractivity contribution in [2.24, 2.45) is 5.92 Å². The second-order valence-corrected chi connectivity index (χ2v) is 10.7. The van der Waals surface area contributed by atoms with Crippen LogP contribution in [0.1, 0.15) is 79.3 Å². The summed E-state index contributed by atoms with van der Waals surface area (Å²) in [5.41, 5.74) is 6.14. The minimum absolute atomic E-state index is 0.0128. The minimum Gasteiger partial charge on any atom is -0.481 e. The summed E-state index contributed by atoms with van der Waals surface area (Å²) in [6, 6.07) is 9.62. The van der Waals surface area contributed by atoms with Gasteiger partial charge in [-0.1, -0.05) is 24.6 Å². The lowest BCUT2D eigenvalue weighted by Crippen LogP contribution is -2.42. The molecule has 0 unspecified atom stereocenters. The molecule has 1 fully saturated rings. The number of imidazole rings is 1. The van der Waals surface area contributed by atoms with Gasteiger partial charge in [0.2, 0.25) is 0 Å². The number of carboxylic acid groups (broad SMARTS) is 1. The molecule has 3 aromatic rings. The Kier molecular flexibility index (Phi) is 6.36. The van der Waals surface area contributed by atoms with E-state index in [0.29, 0.717) is 31.9 Å². The summed E-state index contributed by atoms with van der Waals surface area (Å²) in [5.74, 6) is -0.703. The largest absolute Gasteiger partial charge is 0.481 e. The molecule has 1 saturated carbocycles. The number of methoxy groups -OCH3 is 1. The average molecular weight is 520 g/mol. The lowest BCUT2D eigenvalue weighted by atomic mass is 9.85. The van der Waals surface area contributed by atoms with Gasteiger partial charge in [0.05, 0.1) is 43.0 Å². The summed E-state index contributed by atoms with van der Waals surface area (Å²) in [4.78, 5) is 31.3. The van der Waals surface area contributed by atoms with Gasteiger partial charge in [0.1, 0.15) is 11.9 Å². The van der Waals surface area contributed by atoms with Gasteiger partial charge in [-0.25, -0.2) is 9.78 Å². The van der Waals surface area contributed by atoms with E-state index in [0.717, 1.165) is 64.7 Å². The number of aliphatic hydroxyl groups excluding tert-OH is 1. The lowest BCUT2D eigenvalue weighted by molar-refractivity contribution is -0.143. The number of carboxylic acids is 1. The van der Waals surface area contributed by atoms with Gasteiger partial charge in [0, 0.05) is 17.6 Å². The number of nitrogens with zero attached hydrogens (tertiary/aromatic N) is 3. The van der Waals surface area contributed by atoms with Crippen LogP contribution in [0.5, 0.6) is 0 Å². The Morgan fingerprint density at radius 3 is 2.76 bits per heavy atom. The molecule has 2 aliphatic heterocycles. The highest BCUT2D eigenvalue weighted by Gasteiger charge is 2.36. The number of hydrogen-bond acceptors (Lipinski definition) is 6. The van der Waals surface area contributed by atoms with E-state index in [-0.39, 0.29) is 12.1 Å². The van der Waals surface area contributed by atoms with Gasteiger partial charge in [-0.05, 0) is 67.9 Å². The number of aryl methyl sites for hydroxylation is 1. The Morgan fingerprint density at radius 1 is 1.13 bits per heavy atom. The highest BCUT2D eigenvalue weighted by molar-refractivity contribution is 5.95. The highest BCUT2D eigenvalue weighted by atomic mass is 16.5. The van der Waals surface area contributed by atoms with Crippen molar-refractivity contribution in [2.45, 2.75) is 76.9 Å². The van der Waals surface area contributed by atoms with E-state index in [2.05, 4.69) is 4.57 Å². The van der Waals surface area contributed by atoms with Crippen molar-refractivity contribution in [3.05, 3.63) is 58.4 Å². The summed E-state index contributed by atoms with van der Waals surface area (Å²) >= 11 is 0. The third-order valence-corrected chi connectivity index (χ3v) is 8.57. The Hall–Kier alpha value is -3.43. The zero-order chi connectivity index (χ0) is 26.6. The molecule has 9 nitrogen and oxygen atoms in total. The van der Waals surface area contributed by atoms with Gasteiger partial charge < -0.3 is 24.3 Å². The number of carbonyl (C=O) groups is 2. The second-order valence-electron chi connectivity index (χ2n) is 10.7. The Balaban J connectivity index is 1.54. The zero-order valence-corrected chi connectivity index (χ0v) is 21.7. The molecule has 1 amide bonds. The van der Waals surface area contributed by atoms with Crippen molar-refractivity contribution in [1.82, 2.24) is 9.55 Å². The predicted octanol–water partition coefficient (Wildman–Crippen LogP) is 4.87. The van der Waals surface area contributed by atoms with Gasteiger partial charge in [-0.15, -0.1) is 0 Å². The number of fused-ring (bicyclic) bond motifs is 4. The van der Waals surface area contributed by atoms with E-state index in [1.54, 1.807) is 4.90 Å². The molecular weight excluding hydrogens is 486 g/mol. The van der Waals surface area contributed by atoms with Crippen molar-refractivity contribution in [3.63, 3.8) is 0 Å². The Morgan fingerprint density at radius 2 is 1.97 bits per heavy atom. The second kappa shape index (κ2) is 9.71. The summed E-state index contributed by atoms with van der Waals surface area (Å²) in [5, 5.41) is 21.6. The fraction of sp³-hybridized carbons (Fsp3) is 0.483. The monoisotopic (exact) mass is 519 g/mol. The number of ether oxygens (including phenoxy) is 2. The number of amides is 1. The molecule has 0 saturated heterocycles. The first kappa shape index (κ1) is 24.9. The number of aliphatic carboxylic acids is 1. The van der Waals surface area contributed by atoms with Crippen LogP contribution >= 0.6 is 0 Å². The third kappa shape index (κ3) is 3.96. The molecular formula is C29H33N3O6. The van der Waals surface area contributed by atoms with Gasteiger partial charge in [-0.2, -0.15) is 0 Å². The van der Waals surface area contributed by atoms with Crippen LogP contribution < -0.4 is 4.90 Å². The summed E-state index contributed by atoms with van der Waals surface area (Å²) in [7, 11) is 1.38. The molecule has 200 valence electrons. The topological polar surface area (TPSA) is 114 Å². The maximum Gasteiger partial charge on any atom is 0.414 e. The number of aromatic nitrogens is 2. The van der Waals surface area contributed by atoms with E-state index in [1.165, 1.54) is 7.11 Å². The first-order valence-corrected chi connectivity index (χ1v) is 13.4. The van der Waals surface area contributed by atoms with Crippen molar-refractivity contribution in [1.29, 1.82) is 0 Å². The van der Waals surface area contributed by atoms with Gasteiger partial charge >= 0.3 is 12.1 Å². The fourth-order valence-corrected chi connectivity index (χ4v) is 6.62. The van der Waals surface area contributed by atoms with Crippen LogP contribution in [0.25, 0.3) is 11.0 Å². The number of benzene rings is 2. The molecule has 2 aromatic carbocycles. The van der Waals surface area contributed by atoms with Crippen LogP contribution in [0.2, 0.25) is 0 Å². The summed E-state index contributed by atoms with van der Waals surface area (Å²) in [6.07, 6.45) is 2.84. The highest BCUT2D eigenvalue weighted by Crippen LogP contribution is 2.43. The maximum absolute atomic E-state index is 12.7. The van der Waals surface area contributed by atoms with Crippen molar-refractivity contribution in [3.8, 4) is 0 Å². The van der Waals surface area contributed by atoms with E-state index < -0.39 is 24.1 Å². The lowest BCUT2D eigenvalue weighted by Gasteiger charge is -2.34. The van der Waals surface area contributed by atoms with E-state index in [9.17, 15) is 19.8 Å². The van der Waals surface area contributed by atoms with Crippen LogP contribution in [-0.4, -0.2) is 45.0 Å². The fourth-order valence-electron chi connectivity index (χ4n) is 6.62. The molecule has 0 radical (unpaired) electrons. The van der Waals surface area contributed by atoms with Crippen LogP contribution in [-0.2, 0) is 33.9 Å². The first-order chi connectivity index (χ1) is 18.4. The van der Waals surface area contributed by atoms with Crippen molar-refractivity contribution in [2.75, 3.05) is 12.0 Å². The van der Waals surface area contributed by atoms with E-state index in [1.807, 2.05) is 37.3 Å². The summed E-state index contributed by atoms with van der Waals surface area (Å²) < 4.78 is 12.8. The molecule has 0 spiro atoms. The molecule has 1 aromatic heterocycles. The van der Waals surface area contributed by atoms with Crippen LogP contribution in [0.15, 0.2) is 30.3 Å². The van der Waals surface area contributed by atoms with Crippen LogP contribution in [0.4, 0.5) is 10.5 Å². The van der Waals surface area contributed by atoms with Crippen LogP contribution in [0, 0.1) is 5.92 Å². The molecule has 3 heterocycles. The number of anilines is 1. The zero-order valence-electron chi connectivity index (χ0n) is 21.7. The predicted molar refractivity (Wildman–Crippen MR) is 140 cm³/mol. The third-order valence-electron chi connectivity index (χ3n) is 8.57. The molecule has 9 heteroatoms. The van der Waals surface area contributed by atoms with E-state index in [4.69, 9.17) is 14.5 Å². The standard InChI is InChI=1S/C29H33N3O6/c1-16-9-10-21-23(31(16)29(36)37-2)11-12-24-25(21)30-27(32(24)19-7-3-5-17(13-19)28(34)35)26(33)20-8-4-6-18-14-38-15-22(18)20/h4,6,8,11-12,16-17,19,26,33H,3,5,7,9-10,13-15H2,1-2H3,(H,34,35)/t16-,17+,19+,26-/m0/s1. The molecule has 2 N–H and O–H groups in total. The molecule has 6 rings (SSSR count).